The highest BCUT2D eigenvalue weighted by Crippen LogP contribution is 2.56. The summed E-state index contributed by atoms with van der Waals surface area (Å²) in [5, 5.41) is 11.3. The quantitative estimate of drug-likeness (QED) is 0.705. The van der Waals surface area contributed by atoms with E-state index in [-0.39, 0.29) is 23.0 Å². The number of aliphatic hydroxyl groups is 1. The predicted octanol–water partition coefficient (Wildman–Crippen LogP) is 4.83. The van der Waals surface area contributed by atoms with E-state index in [0.717, 1.165) is 37.7 Å². The third-order valence-electron chi connectivity index (χ3n) is 6.28. The van der Waals surface area contributed by atoms with Crippen LogP contribution in [0.15, 0.2) is 23.3 Å². The van der Waals surface area contributed by atoms with Gasteiger partial charge in [0.1, 0.15) is 0 Å². The smallest absolute Gasteiger partial charge is 0.158 e. The van der Waals surface area contributed by atoms with E-state index in [0.29, 0.717) is 6.42 Å². The number of Topliss-reactive ketones (excluding diaryl/α,β-unsaturated/α-hetero) is 1. The highest BCUT2D eigenvalue weighted by Gasteiger charge is 2.55. The van der Waals surface area contributed by atoms with Crippen LogP contribution in [0.4, 0.5) is 0 Å². The first-order valence-electron chi connectivity index (χ1n) is 8.77. The second-order valence-corrected chi connectivity index (χ2v) is 8.16. The van der Waals surface area contributed by atoms with Crippen molar-refractivity contribution in [2.24, 2.45) is 17.3 Å². The van der Waals surface area contributed by atoms with Gasteiger partial charge in [0.15, 0.2) is 5.78 Å². The van der Waals surface area contributed by atoms with Crippen LogP contribution in [0.25, 0.3) is 0 Å². The SMILES string of the molecule is CC1=CCC2(C)CCC(O)(C(C)C)C2CC(=O)C(C)=CCC1. The van der Waals surface area contributed by atoms with Crippen LogP contribution in [0.1, 0.15) is 73.1 Å². The number of rotatable bonds is 1. The zero-order chi connectivity index (χ0) is 16.5. The lowest BCUT2D eigenvalue weighted by molar-refractivity contribution is -0.122. The number of carbonyl (C=O) groups is 1. The molecule has 2 nitrogen and oxygen atoms in total. The fourth-order valence-electron chi connectivity index (χ4n) is 4.28. The maximum absolute atomic E-state index is 12.6. The Morgan fingerprint density at radius 2 is 1.91 bits per heavy atom. The maximum Gasteiger partial charge on any atom is 0.158 e. The van der Waals surface area contributed by atoms with E-state index in [2.05, 4.69) is 39.8 Å². The van der Waals surface area contributed by atoms with Gasteiger partial charge in [0, 0.05) is 12.3 Å². The minimum atomic E-state index is -0.708. The Labute approximate surface area is 135 Å². The van der Waals surface area contributed by atoms with Crippen LogP contribution in [0, 0.1) is 17.3 Å². The summed E-state index contributed by atoms with van der Waals surface area (Å²) >= 11 is 0. The lowest BCUT2D eigenvalue weighted by atomic mass is 9.67. The molecule has 0 radical (unpaired) electrons. The van der Waals surface area contributed by atoms with Crippen molar-refractivity contribution in [3.05, 3.63) is 23.3 Å². The highest BCUT2D eigenvalue weighted by molar-refractivity contribution is 5.95. The number of hydrogen-bond acceptors (Lipinski definition) is 2. The molecule has 2 rings (SSSR count). The molecule has 2 aliphatic carbocycles. The van der Waals surface area contributed by atoms with E-state index < -0.39 is 5.60 Å². The first-order valence-corrected chi connectivity index (χ1v) is 8.77. The average molecular weight is 304 g/mol. The van der Waals surface area contributed by atoms with Gasteiger partial charge in [-0.1, -0.05) is 38.5 Å². The van der Waals surface area contributed by atoms with Gasteiger partial charge < -0.3 is 5.11 Å². The van der Waals surface area contributed by atoms with Gasteiger partial charge >= 0.3 is 0 Å². The van der Waals surface area contributed by atoms with Crippen molar-refractivity contribution in [3.8, 4) is 0 Å². The van der Waals surface area contributed by atoms with Gasteiger partial charge in [-0.2, -0.15) is 0 Å². The third-order valence-corrected chi connectivity index (χ3v) is 6.28. The molecule has 3 atom stereocenters. The summed E-state index contributed by atoms with van der Waals surface area (Å²) in [4.78, 5) is 12.6. The zero-order valence-corrected chi connectivity index (χ0v) is 14.9. The lowest BCUT2D eigenvalue weighted by Crippen LogP contribution is -2.44. The summed E-state index contributed by atoms with van der Waals surface area (Å²) in [6.07, 6.45) is 9.67. The van der Waals surface area contributed by atoms with Crippen LogP contribution in [0.5, 0.6) is 0 Å². The normalized spacial score (nSPS) is 37.4. The molecule has 0 amide bonds. The standard InChI is InChI=1S/C20H32O2/c1-14(2)20(22)12-11-19(5)10-9-15(3)7-6-8-16(4)17(21)13-18(19)20/h8-9,14,18,22H,6-7,10-13H2,1-5H3. The van der Waals surface area contributed by atoms with Crippen LogP contribution in [0.3, 0.4) is 0 Å². The van der Waals surface area contributed by atoms with E-state index in [4.69, 9.17) is 0 Å². The summed E-state index contributed by atoms with van der Waals surface area (Å²) in [5.74, 6) is 0.460. The van der Waals surface area contributed by atoms with Crippen LogP contribution in [-0.4, -0.2) is 16.5 Å². The Kier molecular flexibility index (Phi) is 5.01. The van der Waals surface area contributed by atoms with E-state index in [1.807, 2.05) is 6.92 Å². The minimum absolute atomic E-state index is 0.0283. The van der Waals surface area contributed by atoms with E-state index >= 15 is 0 Å². The topological polar surface area (TPSA) is 37.3 Å². The Balaban J connectivity index is 2.42. The van der Waals surface area contributed by atoms with E-state index in [1.165, 1.54) is 5.57 Å². The lowest BCUT2D eigenvalue weighted by Gasteiger charge is -2.40. The van der Waals surface area contributed by atoms with E-state index in [1.54, 1.807) is 0 Å². The van der Waals surface area contributed by atoms with Gasteiger partial charge in [-0.15, -0.1) is 0 Å². The minimum Gasteiger partial charge on any atom is -0.389 e. The molecule has 0 spiro atoms. The Bertz CT molecular complexity index is 500. The fourth-order valence-corrected chi connectivity index (χ4v) is 4.28. The van der Waals surface area contributed by atoms with Gasteiger partial charge in [-0.3, -0.25) is 4.79 Å². The first-order chi connectivity index (χ1) is 10.2. The molecule has 0 aromatic rings. The molecule has 0 aromatic carbocycles. The number of hydrogen-bond donors (Lipinski definition) is 1. The largest absolute Gasteiger partial charge is 0.389 e. The molecule has 0 heterocycles. The van der Waals surface area contributed by atoms with Crippen molar-refractivity contribution in [3.63, 3.8) is 0 Å². The number of ketones is 1. The molecule has 0 aliphatic heterocycles. The van der Waals surface area contributed by atoms with E-state index in [9.17, 15) is 9.90 Å². The molecule has 22 heavy (non-hydrogen) atoms. The second kappa shape index (κ2) is 6.31. The van der Waals surface area contributed by atoms with Crippen LogP contribution in [0.2, 0.25) is 0 Å². The summed E-state index contributed by atoms with van der Waals surface area (Å²) in [6, 6.07) is 0. The average Bonchev–Trinajstić information content (AvgIpc) is 2.70. The zero-order valence-electron chi connectivity index (χ0n) is 14.9. The first kappa shape index (κ1) is 17.5. The van der Waals surface area contributed by atoms with Gasteiger partial charge in [-0.05, 0) is 62.9 Å². The molecule has 2 heteroatoms. The highest BCUT2D eigenvalue weighted by atomic mass is 16.3. The molecule has 1 fully saturated rings. The molecular weight excluding hydrogens is 272 g/mol. The summed E-state index contributed by atoms with van der Waals surface area (Å²) < 4.78 is 0. The van der Waals surface area contributed by atoms with Crippen LogP contribution >= 0.6 is 0 Å². The molecule has 1 saturated carbocycles. The van der Waals surface area contributed by atoms with Gasteiger partial charge in [0.2, 0.25) is 0 Å². The summed E-state index contributed by atoms with van der Waals surface area (Å²) in [5.41, 5.74) is 1.59. The van der Waals surface area contributed by atoms with Crippen molar-refractivity contribution in [2.45, 2.75) is 78.7 Å². The molecule has 124 valence electrons. The van der Waals surface area contributed by atoms with Gasteiger partial charge in [0.05, 0.1) is 5.60 Å². The molecule has 0 aromatic heterocycles. The molecule has 1 N–H and O–H groups in total. The van der Waals surface area contributed by atoms with Crippen molar-refractivity contribution in [1.29, 1.82) is 0 Å². The van der Waals surface area contributed by atoms with Gasteiger partial charge in [-0.25, -0.2) is 0 Å². The molecule has 3 unspecified atom stereocenters. The van der Waals surface area contributed by atoms with Crippen LogP contribution < -0.4 is 0 Å². The number of fused-ring (bicyclic) bond motifs is 1. The molecule has 0 saturated heterocycles. The molecule has 2 aliphatic rings. The Morgan fingerprint density at radius 3 is 2.55 bits per heavy atom. The third kappa shape index (κ3) is 3.22. The van der Waals surface area contributed by atoms with Crippen LogP contribution in [-0.2, 0) is 4.79 Å². The van der Waals surface area contributed by atoms with Crippen molar-refractivity contribution >= 4 is 5.78 Å². The summed E-state index contributed by atoms with van der Waals surface area (Å²) in [6.45, 7) is 10.6. The monoisotopic (exact) mass is 304 g/mol. The molecule has 0 bridgehead atoms. The number of carbonyl (C=O) groups excluding carboxylic acids is 1. The van der Waals surface area contributed by atoms with Gasteiger partial charge in [0.25, 0.3) is 0 Å². The second-order valence-electron chi connectivity index (χ2n) is 8.16. The van der Waals surface area contributed by atoms with Crippen molar-refractivity contribution in [2.75, 3.05) is 0 Å². The maximum atomic E-state index is 12.6. The predicted molar refractivity (Wildman–Crippen MR) is 91.6 cm³/mol. The molecular formula is C20H32O2. The number of allylic oxidation sites excluding steroid dienone is 4. The Morgan fingerprint density at radius 1 is 1.23 bits per heavy atom. The summed E-state index contributed by atoms with van der Waals surface area (Å²) in [7, 11) is 0. The van der Waals surface area contributed by atoms with Crippen molar-refractivity contribution < 1.29 is 9.90 Å². The Hall–Kier alpha value is -0.890. The van der Waals surface area contributed by atoms with Crippen molar-refractivity contribution in [1.82, 2.24) is 0 Å². The fraction of sp³-hybridized carbons (Fsp3) is 0.750.